The highest BCUT2D eigenvalue weighted by molar-refractivity contribution is 5.34. The molecule has 1 aromatic carbocycles. The lowest BCUT2D eigenvalue weighted by molar-refractivity contribution is 0.0145. The van der Waals surface area contributed by atoms with Gasteiger partial charge in [0, 0.05) is 13.1 Å². The van der Waals surface area contributed by atoms with Gasteiger partial charge in [0.05, 0.1) is 11.2 Å². The van der Waals surface area contributed by atoms with E-state index >= 15 is 0 Å². The van der Waals surface area contributed by atoms with Crippen LogP contribution in [0, 0.1) is 17.1 Å². The molecule has 0 radical (unpaired) electrons. The van der Waals surface area contributed by atoms with Crippen molar-refractivity contribution in [1.82, 2.24) is 4.90 Å². The summed E-state index contributed by atoms with van der Waals surface area (Å²) in [7, 11) is 1.94. The standard InChI is InChI=1S/C15H19FN2O/c1-18(11-15(19)6-2-3-7-15)10-12-4-5-14(16)13(8-12)9-17/h4-5,8,19H,2-3,6-7,10-11H2,1H3. The first-order chi connectivity index (χ1) is 9.02. The molecule has 0 spiro atoms. The van der Waals surface area contributed by atoms with E-state index in [0.717, 1.165) is 31.2 Å². The third kappa shape index (κ3) is 3.52. The lowest BCUT2D eigenvalue weighted by Crippen LogP contribution is -2.38. The average molecular weight is 262 g/mol. The van der Waals surface area contributed by atoms with Crippen LogP contribution in [0.3, 0.4) is 0 Å². The Morgan fingerprint density at radius 1 is 1.42 bits per heavy atom. The van der Waals surface area contributed by atoms with Crippen molar-refractivity contribution in [1.29, 1.82) is 5.26 Å². The van der Waals surface area contributed by atoms with Gasteiger partial charge in [-0.15, -0.1) is 0 Å². The molecule has 0 atom stereocenters. The monoisotopic (exact) mass is 262 g/mol. The van der Waals surface area contributed by atoms with Gasteiger partial charge in [0.1, 0.15) is 11.9 Å². The summed E-state index contributed by atoms with van der Waals surface area (Å²) in [6.45, 7) is 1.23. The van der Waals surface area contributed by atoms with Crippen molar-refractivity contribution in [3.8, 4) is 6.07 Å². The molecule has 0 aliphatic heterocycles. The molecule has 0 saturated heterocycles. The van der Waals surface area contributed by atoms with E-state index in [1.807, 2.05) is 18.0 Å². The largest absolute Gasteiger partial charge is 0.389 e. The average Bonchev–Trinajstić information content (AvgIpc) is 2.78. The third-order valence-electron chi connectivity index (χ3n) is 3.70. The molecule has 1 aliphatic rings. The molecule has 0 unspecified atom stereocenters. The van der Waals surface area contributed by atoms with Crippen LogP contribution < -0.4 is 0 Å². The maximum absolute atomic E-state index is 13.2. The predicted octanol–water partition coefficient (Wildman–Crippen LogP) is 2.43. The summed E-state index contributed by atoms with van der Waals surface area (Å²) < 4.78 is 13.2. The number of hydrogen-bond acceptors (Lipinski definition) is 3. The van der Waals surface area contributed by atoms with Crippen molar-refractivity contribution in [2.24, 2.45) is 0 Å². The fourth-order valence-electron chi connectivity index (χ4n) is 2.82. The number of hydrogen-bond donors (Lipinski definition) is 1. The van der Waals surface area contributed by atoms with Crippen molar-refractivity contribution >= 4 is 0 Å². The fraction of sp³-hybridized carbons (Fsp3) is 0.533. The van der Waals surface area contributed by atoms with Crippen LogP contribution in [0.5, 0.6) is 0 Å². The minimum atomic E-state index is -0.577. The van der Waals surface area contributed by atoms with E-state index in [0.29, 0.717) is 13.1 Å². The van der Waals surface area contributed by atoms with Crippen LogP contribution in [0.15, 0.2) is 18.2 Å². The summed E-state index contributed by atoms with van der Waals surface area (Å²) in [5, 5.41) is 19.1. The summed E-state index contributed by atoms with van der Waals surface area (Å²) in [6.07, 6.45) is 3.87. The molecule has 0 heterocycles. The Labute approximate surface area is 113 Å². The molecule has 2 rings (SSSR count). The van der Waals surface area contributed by atoms with E-state index in [-0.39, 0.29) is 5.56 Å². The van der Waals surface area contributed by atoms with Gasteiger partial charge in [-0.05, 0) is 37.6 Å². The first kappa shape index (κ1) is 14.0. The third-order valence-corrected chi connectivity index (χ3v) is 3.70. The van der Waals surface area contributed by atoms with E-state index < -0.39 is 11.4 Å². The fourth-order valence-corrected chi connectivity index (χ4v) is 2.82. The Hall–Kier alpha value is -1.44. The molecule has 0 aromatic heterocycles. The molecule has 1 saturated carbocycles. The van der Waals surface area contributed by atoms with Crippen LogP contribution in [0.25, 0.3) is 0 Å². The van der Waals surface area contributed by atoms with E-state index in [2.05, 4.69) is 0 Å². The smallest absolute Gasteiger partial charge is 0.140 e. The Morgan fingerprint density at radius 2 is 2.11 bits per heavy atom. The number of nitrogens with zero attached hydrogens (tertiary/aromatic N) is 2. The van der Waals surface area contributed by atoms with Crippen molar-refractivity contribution in [2.75, 3.05) is 13.6 Å². The summed E-state index contributed by atoms with van der Waals surface area (Å²) in [5.41, 5.74) is 0.389. The SMILES string of the molecule is CN(Cc1ccc(F)c(C#N)c1)CC1(O)CCCC1. The summed E-state index contributed by atoms with van der Waals surface area (Å²) in [6, 6.07) is 6.43. The molecule has 1 N–H and O–H groups in total. The second-order valence-electron chi connectivity index (χ2n) is 5.53. The zero-order chi connectivity index (χ0) is 13.9. The molecule has 102 valence electrons. The van der Waals surface area contributed by atoms with Gasteiger partial charge >= 0.3 is 0 Å². The highest BCUT2D eigenvalue weighted by Gasteiger charge is 2.32. The van der Waals surface area contributed by atoms with Gasteiger partial charge in [0.2, 0.25) is 0 Å². The van der Waals surface area contributed by atoms with E-state index in [4.69, 9.17) is 5.26 Å². The topological polar surface area (TPSA) is 47.3 Å². The first-order valence-electron chi connectivity index (χ1n) is 6.62. The van der Waals surface area contributed by atoms with Gasteiger partial charge in [-0.3, -0.25) is 4.90 Å². The summed E-state index contributed by atoms with van der Waals surface area (Å²) in [4.78, 5) is 2.03. The molecule has 1 aliphatic carbocycles. The number of halogens is 1. The Bertz CT molecular complexity index is 489. The van der Waals surface area contributed by atoms with E-state index in [9.17, 15) is 9.50 Å². The number of benzene rings is 1. The second-order valence-corrected chi connectivity index (χ2v) is 5.53. The lowest BCUT2D eigenvalue weighted by Gasteiger charge is -2.28. The first-order valence-corrected chi connectivity index (χ1v) is 6.62. The number of likely N-dealkylation sites (N-methyl/N-ethyl adjacent to an activating group) is 1. The van der Waals surface area contributed by atoms with Crippen molar-refractivity contribution in [3.05, 3.63) is 35.1 Å². The number of nitriles is 1. The number of rotatable bonds is 4. The molecule has 0 bridgehead atoms. The van der Waals surface area contributed by atoms with Crippen molar-refractivity contribution < 1.29 is 9.50 Å². The Balaban J connectivity index is 1.99. The van der Waals surface area contributed by atoms with E-state index in [1.54, 1.807) is 12.1 Å². The van der Waals surface area contributed by atoms with Gasteiger partial charge in [0.25, 0.3) is 0 Å². The molecule has 4 heteroatoms. The van der Waals surface area contributed by atoms with Crippen LogP contribution >= 0.6 is 0 Å². The highest BCUT2D eigenvalue weighted by Crippen LogP contribution is 2.30. The quantitative estimate of drug-likeness (QED) is 0.906. The van der Waals surface area contributed by atoms with E-state index in [1.165, 1.54) is 6.07 Å². The molecule has 1 aromatic rings. The molecule has 19 heavy (non-hydrogen) atoms. The number of aliphatic hydroxyl groups is 1. The molecule has 0 amide bonds. The maximum Gasteiger partial charge on any atom is 0.140 e. The highest BCUT2D eigenvalue weighted by atomic mass is 19.1. The summed E-state index contributed by atoms with van der Waals surface area (Å²) >= 11 is 0. The maximum atomic E-state index is 13.2. The minimum Gasteiger partial charge on any atom is -0.389 e. The lowest BCUT2D eigenvalue weighted by atomic mass is 10.0. The molecular weight excluding hydrogens is 243 g/mol. The zero-order valence-electron chi connectivity index (χ0n) is 11.2. The zero-order valence-corrected chi connectivity index (χ0v) is 11.2. The van der Waals surface area contributed by atoms with Crippen molar-refractivity contribution in [3.63, 3.8) is 0 Å². The molecular formula is C15H19FN2O. The van der Waals surface area contributed by atoms with Gasteiger partial charge in [-0.2, -0.15) is 5.26 Å². The van der Waals surface area contributed by atoms with Crippen LogP contribution in [-0.4, -0.2) is 29.2 Å². The summed E-state index contributed by atoms with van der Waals surface area (Å²) in [5.74, 6) is -0.483. The van der Waals surface area contributed by atoms with Crippen LogP contribution in [0.2, 0.25) is 0 Å². The van der Waals surface area contributed by atoms with Crippen LogP contribution in [-0.2, 0) is 6.54 Å². The van der Waals surface area contributed by atoms with Crippen molar-refractivity contribution in [2.45, 2.75) is 37.8 Å². The van der Waals surface area contributed by atoms with Gasteiger partial charge in [-0.25, -0.2) is 4.39 Å². The van der Waals surface area contributed by atoms with Crippen LogP contribution in [0.1, 0.15) is 36.8 Å². The Morgan fingerprint density at radius 3 is 2.74 bits per heavy atom. The van der Waals surface area contributed by atoms with Gasteiger partial charge in [0.15, 0.2) is 0 Å². The normalized spacial score (nSPS) is 17.6. The molecule has 1 fully saturated rings. The van der Waals surface area contributed by atoms with Gasteiger partial charge < -0.3 is 5.11 Å². The predicted molar refractivity (Wildman–Crippen MR) is 70.9 cm³/mol. The Kier molecular flexibility index (Phi) is 4.18. The van der Waals surface area contributed by atoms with Gasteiger partial charge in [-0.1, -0.05) is 18.9 Å². The van der Waals surface area contributed by atoms with Crippen LogP contribution in [0.4, 0.5) is 4.39 Å². The molecule has 3 nitrogen and oxygen atoms in total. The second kappa shape index (κ2) is 5.68. The minimum absolute atomic E-state index is 0.0745.